The van der Waals surface area contributed by atoms with Crippen molar-refractivity contribution in [2.45, 2.75) is 25.7 Å². The summed E-state index contributed by atoms with van der Waals surface area (Å²) in [4.78, 5) is 11.6. The van der Waals surface area contributed by atoms with E-state index >= 15 is 0 Å². The number of rotatable bonds is 7. The summed E-state index contributed by atoms with van der Waals surface area (Å²) in [5.41, 5.74) is 1.45. The molecule has 1 aromatic rings. The molecule has 0 aliphatic heterocycles. The number of carbonyl (C=O) groups is 1. The molecule has 0 heterocycles. The first-order valence-corrected chi connectivity index (χ1v) is 8.97. The van der Waals surface area contributed by atoms with Gasteiger partial charge in [-0.1, -0.05) is 42.0 Å². The molecule has 23 heavy (non-hydrogen) atoms. The molecule has 1 rings (SSSR count). The van der Waals surface area contributed by atoms with E-state index in [1.54, 1.807) is 69.3 Å². The van der Waals surface area contributed by atoms with Crippen molar-refractivity contribution in [2.24, 2.45) is 0 Å². The molecule has 4 nitrogen and oxygen atoms in total. The van der Waals surface area contributed by atoms with Crippen LogP contribution in [-0.4, -0.2) is 26.7 Å². The van der Waals surface area contributed by atoms with E-state index < -0.39 is 9.84 Å². The molecule has 0 aliphatic carbocycles. The number of esters is 1. The lowest BCUT2D eigenvalue weighted by molar-refractivity contribution is -0.137. The van der Waals surface area contributed by atoms with Gasteiger partial charge in [0, 0.05) is 6.08 Å². The van der Waals surface area contributed by atoms with Gasteiger partial charge in [0.15, 0.2) is 9.84 Å². The zero-order valence-corrected chi connectivity index (χ0v) is 14.5. The van der Waals surface area contributed by atoms with E-state index in [-0.39, 0.29) is 11.7 Å². The first kappa shape index (κ1) is 18.9. The molecule has 0 saturated carbocycles. The van der Waals surface area contributed by atoms with Crippen LogP contribution >= 0.6 is 0 Å². The summed E-state index contributed by atoms with van der Waals surface area (Å²) in [6, 6.07) is 8.36. The zero-order chi connectivity index (χ0) is 17.3. The lowest BCUT2D eigenvalue weighted by Gasteiger charge is -2.04. The predicted molar refractivity (Wildman–Crippen MR) is 91.8 cm³/mol. The number of carbonyl (C=O) groups excluding carboxylic acids is 1. The van der Waals surface area contributed by atoms with E-state index in [2.05, 4.69) is 0 Å². The van der Waals surface area contributed by atoms with Gasteiger partial charge in [-0.15, -0.1) is 0 Å². The molecule has 0 aliphatic rings. The maximum Gasteiger partial charge on any atom is 0.330 e. The molecular formula is C18H22O4S. The van der Waals surface area contributed by atoms with E-state index in [9.17, 15) is 13.2 Å². The molecule has 1 aromatic carbocycles. The monoisotopic (exact) mass is 334 g/mol. The van der Waals surface area contributed by atoms with Gasteiger partial charge < -0.3 is 4.74 Å². The molecule has 0 saturated heterocycles. The minimum Gasteiger partial charge on any atom is -0.463 e. The van der Waals surface area contributed by atoms with Crippen LogP contribution in [0.1, 0.15) is 20.8 Å². The van der Waals surface area contributed by atoms with Crippen LogP contribution in [0.3, 0.4) is 0 Å². The minimum atomic E-state index is -3.33. The Morgan fingerprint density at radius 1 is 1.17 bits per heavy atom. The van der Waals surface area contributed by atoms with Crippen LogP contribution in [-0.2, 0) is 19.4 Å². The standard InChI is InChI=1S/C18H22O4S/c1-4-22-18(19)13-15(2)9-8-10-16(3)14-23(20,21)17-11-6-5-7-12-17/h5-13H,4,14H2,1-3H3/b9-8+,15-13+,16-10+. The molecule has 0 bridgehead atoms. The van der Waals surface area contributed by atoms with Gasteiger partial charge in [0.2, 0.25) is 0 Å². The highest BCUT2D eigenvalue weighted by molar-refractivity contribution is 7.91. The average molecular weight is 334 g/mol. The van der Waals surface area contributed by atoms with Gasteiger partial charge in [-0.25, -0.2) is 13.2 Å². The maximum absolute atomic E-state index is 12.2. The molecule has 124 valence electrons. The first-order valence-electron chi connectivity index (χ1n) is 7.32. The van der Waals surface area contributed by atoms with Gasteiger partial charge in [-0.2, -0.15) is 0 Å². The molecule has 0 amide bonds. The molecular weight excluding hydrogens is 312 g/mol. The number of ether oxygens (including phenoxy) is 1. The summed E-state index contributed by atoms with van der Waals surface area (Å²) in [6.45, 7) is 5.62. The van der Waals surface area contributed by atoms with Crippen molar-refractivity contribution in [3.05, 3.63) is 65.8 Å². The topological polar surface area (TPSA) is 60.4 Å². The van der Waals surface area contributed by atoms with Crippen molar-refractivity contribution < 1.29 is 17.9 Å². The van der Waals surface area contributed by atoms with Gasteiger partial charge in [-0.05, 0) is 38.5 Å². The van der Waals surface area contributed by atoms with Gasteiger partial charge in [-0.3, -0.25) is 0 Å². The average Bonchev–Trinajstić information content (AvgIpc) is 2.47. The molecule has 0 N–H and O–H groups in total. The number of hydrogen-bond acceptors (Lipinski definition) is 4. The Morgan fingerprint density at radius 3 is 2.43 bits per heavy atom. The van der Waals surface area contributed by atoms with Crippen molar-refractivity contribution >= 4 is 15.8 Å². The van der Waals surface area contributed by atoms with Crippen LogP contribution in [0.15, 0.2) is 70.7 Å². The highest BCUT2D eigenvalue weighted by Crippen LogP contribution is 2.13. The molecule has 0 unspecified atom stereocenters. The predicted octanol–water partition coefficient (Wildman–Crippen LogP) is 3.47. The Balaban J connectivity index is 2.71. The highest BCUT2D eigenvalue weighted by atomic mass is 32.2. The summed E-state index contributed by atoms with van der Waals surface area (Å²) in [7, 11) is -3.33. The second-order valence-corrected chi connectivity index (χ2v) is 7.07. The van der Waals surface area contributed by atoms with E-state index in [4.69, 9.17) is 4.74 Å². The molecule has 0 spiro atoms. The van der Waals surface area contributed by atoms with Crippen LogP contribution in [0.4, 0.5) is 0 Å². The normalized spacial score (nSPS) is 13.3. The Morgan fingerprint density at radius 2 is 1.83 bits per heavy atom. The summed E-state index contributed by atoms with van der Waals surface area (Å²) >= 11 is 0. The molecule has 0 atom stereocenters. The summed E-state index contributed by atoms with van der Waals surface area (Å²) < 4.78 is 29.2. The van der Waals surface area contributed by atoms with Gasteiger partial charge in [0.1, 0.15) is 0 Å². The number of allylic oxidation sites excluding steroid dienone is 4. The Labute approximate surface area is 138 Å². The third kappa shape index (κ3) is 7.10. The first-order chi connectivity index (χ1) is 10.8. The number of benzene rings is 1. The van der Waals surface area contributed by atoms with Crippen LogP contribution in [0.5, 0.6) is 0 Å². The van der Waals surface area contributed by atoms with Crippen LogP contribution in [0.25, 0.3) is 0 Å². The SMILES string of the molecule is CCOC(=O)/C=C(C)/C=C/C=C(\C)CS(=O)(=O)c1ccccc1. The van der Waals surface area contributed by atoms with E-state index in [0.29, 0.717) is 17.1 Å². The van der Waals surface area contributed by atoms with E-state index in [1.807, 2.05) is 0 Å². The third-order valence-corrected chi connectivity index (χ3v) is 4.72. The largest absolute Gasteiger partial charge is 0.463 e. The molecule has 0 aromatic heterocycles. The van der Waals surface area contributed by atoms with Crippen molar-refractivity contribution in [1.29, 1.82) is 0 Å². The van der Waals surface area contributed by atoms with Crippen molar-refractivity contribution in [3.63, 3.8) is 0 Å². The second kappa shape index (κ2) is 9.10. The fourth-order valence-electron chi connectivity index (χ4n) is 1.84. The lowest BCUT2D eigenvalue weighted by Crippen LogP contribution is -2.07. The van der Waals surface area contributed by atoms with Crippen molar-refractivity contribution in [1.82, 2.24) is 0 Å². The third-order valence-electron chi connectivity index (χ3n) is 2.89. The smallest absolute Gasteiger partial charge is 0.330 e. The maximum atomic E-state index is 12.2. The Kier molecular flexibility index (Phi) is 7.48. The van der Waals surface area contributed by atoms with Gasteiger partial charge >= 0.3 is 5.97 Å². The minimum absolute atomic E-state index is 0.0397. The van der Waals surface area contributed by atoms with Gasteiger partial charge in [0.05, 0.1) is 17.3 Å². The van der Waals surface area contributed by atoms with Crippen LogP contribution < -0.4 is 0 Å². The summed E-state index contributed by atoms with van der Waals surface area (Å²) in [5, 5.41) is 0. The van der Waals surface area contributed by atoms with Crippen molar-refractivity contribution in [3.8, 4) is 0 Å². The zero-order valence-electron chi connectivity index (χ0n) is 13.7. The summed E-state index contributed by atoms with van der Waals surface area (Å²) in [5.74, 6) is -0.427. The molecule has 5 heteroatoms. The lowest BCUT2D eigenvalue weighted by atomic mass is 10.2. The number of sulfone groups is 1. The van der Waals surface area contributed by atoms with Crippen LogP contribution in [0, 0.1) is 0 Å². The highest BCUT2D eigenvalue weighted by Gasteiger charge is 2.13. The number of hydrogen-bond donors (Lipinski definition) is 0. The Hall–Kier alpha value is -2.14. The van der Waals surface area contributed by atoms with Crippen molar-refractivity contribution in [2.75, 3.05) is 12.4 Å². The van der Waals surface area contributed by atoms with Gasteiger partial charge in [0.25, 0.3) is 0 Å². The fourth-order valence-corrected chi connectivity index (χ4v) is 3.28. The van der Waals surface area contributed by atoms with E-state index in [0.717, 1.165) is 5.57 Å². The van der Waals surface area contributed by atoms with Crippen LogP contribution in [0.2, 0.25) is 0 Å². The quantitative estimate of drug-likeness (QED) is 0.435. The Bertz CT molecular complexity index is 711. The molecule has 0 fully saturated rings. The van der Waals surface area contributed by atoms with E-state index in [1.165, 1.54) is 6.08 Å². The fraction of sp³-hybridized carbons (Fsp3) is 0.278. The second-order valence-electron chi connectivity index (χ2n) is 5.08. The summed E-state index contributed by atoms with van der Waals surface area (Å²) in [6.07, 6.45) is 6.57. The molecule has 0 radical (unpaired) electrons.